The van der Waals surface area contributed by atoms with Gasteiger partial charge in [0.25, 0.3) is 0 Å². The van der Waals surface area contributed by atoms with Crippen LogP contribution in [0.3, 0.4) is 0 Å². The Kier molecular flexibility index (Phi) is 2.23. The van der Waals surface area contributed by atoms with Gasteiger partial charge in [-0.3, -0.25) is 4.79 Å². The van der Waals surface area contributed by atoms with E-state index in [-0.39, 0.29) is 11.4 Å². The minimum atomic E-state index is -0.188. The summed E-state index contributed by atoms with van der Waals surface area (Å²) in [7, 11) is 0. The van der Waals surface area contributed by atoms with Crippen LogP contribution < -0.4 is 5.32 Å². The van der Waals surface area contributed by atoms with Crippen LogP contribution in [0.2, 0.25) is 0 Å². The van der Waals surface area contributed by atoms with Crippen LogP contribution in [0.1, 0.15) is 18.4 Å². The topological polar surface area (TPSA) is 29.1 Å². The molecule has 0 saturated heterocycles. The normalized spacial score (nSPS) is 17.5. The van der Waals surface area contributed by atoms with E-state index in [0.29, 0.717) is 18.4 Å². The van der Waals surface area contributed by atoms with Crippen molar-refractivity contribution < 1.29 is 9.18 Å². The molecule has 1 aliphatic carbocycles. The van der Waals surface area contributed by atoms with Gasteiger partial charge in [0.1, 0.15) is 5.82 Å². The van der Waals surface area contributed by atoms with Crippen LogP contribution in [-0.4, -0.2) is 11.9 Å². The molecule has 0 atom stereocenters. The summed E-state index contributed by atoms with van der Waals surface area (Å²) in [6, 6.07) is 6.70. The number of carbonyl (C=O) groups is 1. The van der Waals surface area contributed by atoms with E-state index in [2.05, 4.69) is 5.32 Å². The van der Waals surface area contributed by atoms with Gasteiger partial charge in [-0.2, -0.15) is 0 Å². The molecular weight excluding hydrogens is 181 g/mol. The number of halogens is 1. The predicted octanol–water partition coefficient (Wildman–Crippen LogP) is 1.65. The third-order valence-corrected chi connectivity index (χ3v) is 2.71. The maximum Gasteiger partial charge on any atom is 0.207 e. The Morgan fingerprint density at radius 1 is 1.43 bits per heavy atom. The standard InChI is InChI=1S/C11H12FNO/c12-10-4-2-1-3-9(10)7-11(5-6-11)13-8-14/h1-4,8H,5-7H2,(H,13,14). The number of hydrogen-bond acceptors (Lipinski definition) is 1. The summed E-state index contributed by atoms with van der Waals surface area (Å²) < 4.78 is 13.3. The Balaban J connectivity index is 2.11. The van der Waals surface area contributed by atoms with Gasteiger partial charge in [0.15, 0.2) is 0 Å². The fraction of sp³-hybridized carbons (Fsp3) is 0.364. The zero-order valence-corrected chi connectivity index (χ0v) is 7.79. The van der Waals surface area contributed by atoms with Gasteiger partial charge >= 0.3 is 0 Å². The fourth-order valence-electron chi connectivity index (χ4n) is 1.65. The third kappa shape index (κ3) is 1.76. The first kappa shape index (κ1) is 9.19. The smallest absolute Gasteiger partial charge is 0.207 e. The van der Waals surface area contributed by atoms with Crippen molar-refractivity contribution in [3.63, 3.8) is 0 Å². The Bertz CT molecular complexity index is 347. The summed E-state index contributed by atoms with van der Waals surface area (Å²) in [5.41, 5.74) is 0.517. The van der Waals surface area contributed by atoms with E-state index < -0.39 is 0 Å². The summed E-state index contributed by atoms with van der Waals surface area (Å²) in [5.74, 6) is -0.188. The van der Waals surface area contributed by atoms with E-state index in [1.165, 1.54) is 6.07 Å². The number of nitrogens with one attached hydrogen (secondary N) is 1. The molecule has 0 bridgehead atoms. The number of carbonyl (C=O) groups excluding carboxylic acids is 1. The molecule has 0 heterocycles. The Labute approximate surface area is 82.1 Å². The largest absolute Gasteiger partial charge is 0.353 e. The monoisotopic (exact) mass is 193 g/mol. The molecule has 14 heavy (non-hydrogen) atoms. The molecule has 0 radical (unpaired) electrons. The summed E-state index contributed by atoms with van der Waals surface area (Å²) >= 11 is 0. The van der Waals surface area contributed by atoms with Gasteiger partial charge in [-0.05, 0) is 30.9 Å². The van der Waals surface area contributed by atoms with Crippen molar-refractivity contribution in [3.8, 4) is 0 Å². The molecule has 2 rings (SSSR count). The van der Waals surface area contributed by atoms with Crippen molar-refractivity contribution in [2.45, 2.75) is 24.8 Å². The second kappa shape index (κ2) is 3.40. The molecule has 74 valence electrons. The lowest BCUT2D eigenvalue weighted by Gasteiger charge is -2.14. The average Bonchev–Trinajstić information content (AvgIpc) is 2.90. The molecule has 1 aliphatic rings. The van der Waals surface area contributed by atoms with Crippen molar-refractivity contribution in [2.24, 2.45) is 0 Å². The zero-order valence-electron chi connectivity index (χ0n) is 7.79. The Morgan fingerprint density at radius 2 is 2.14 bits per heavy atom. The van der Waals surface area contributed by atoms with Gasteiger partial charge in [-0.15, -0.1) is 0 Å². The highest BCUT2D eigenvalue weighted by Crippen LogP contribution is 2.38. The second-order valence-corrected chi connectivity index (χ2v) is 3.81. The highest BCUT2D eigenvalue weighted by atomic mass is 19.1. The van der Waals surface area contributed by atoms with Crippen LogP contribution in [0, 0.1) is 5.82 Å². The summed E-state index contributed by atoms with van der Waals surface area (Å²) in [5, 5.41) is 2.76. The molecule has 0 aromatic heterocycles. The van der Waals surface area contributed by atoms with Gasteiger partial charge in [0, 0.05) is 5.54 Å². The van der Waals surface area contributed by atoms with Crippen LogP contribution in [-0.2, 0) is 11.2 Å². The minimum absolute atomic E-state index is 0.163. The number of hydrogen-bond donors (Lipinski definition) is 1. The maximum absolute atomic E-state index is 13.3. The summed E-state index contributed by atoms with van der Waals surface area (Å²) in [6.07, 6.45) is 3.19. The number of amides is 1. The van der Waals surface area contributed by atoms with Crippen LogP contribution in [0.25, 0.3) is 0 Å². The van der Waals surface area contributed by atoms with E-state index >= 15 is 0 Å². The van der Waals surface area contributed by atoms with Crippen LogP contribution >= 0.6 is 0 Å². The summed E-state index contributed by atoms with van der Waals surface area (Å²) in [4.78, 5) is 10.3. The van der Waals surface area contributed by atoms with Crippen molar-refractivity contribution in [1.29, 1.82) is 0 Å². The molecule has 1 saturated carbocycles. The lowest BCUT2D eigenvalue weighted by atomic mass is 10.0. The predicted molar refractivity (Wildman–Crippen MR) is 51.3 cm³/mol. The van der Waals surface area contributed by atoms with Crippen molar-refractivity contribution >= 4 is 6.41 Å². The quantitative estimate of drug-likeness (QED) is 0.724. The SMILES string of the molecule is O=CNC1(Cc2ccccc2F)CC1. The lowest BCUT2D eigenvalue weighted by molar-refractivity contribution is -0.110. The van der Waals surface area contributed by atoms with Gasteiger partial charge in [-0.25, -0.2) is 4.39 Å². The molecule has 0 spiro atoms. The molecule has 1 aromatic carbocycles. The van der Waals surface area contributed by atoms with Crippen molar-refractivity contribution in [2.75, 3.05) is 0 Å². The molecule has 0 aliphatic heterocycles. The van der Waals surface area contributed by atoms with E-state index in [1.807, 2.05) is 6.07 Å². The summed E-state index contributed by atoms with van der Waals surface area (Å²) in [6.45, 7) is 0. The molecule has 2 nitrogen and oxygen atoms in total. The minimum Gasteiger partial charge on any atom is -0.353 e. The van der Waals surface area contributed by atoms with Gasteiger partial charge < -0.3 is 5.32 Å². The van der Waals surface area contributed by atoms with Crippen LogP contribution in [0.15, 0.2) is 24.3 Å². The molecular formula is C11H12FNO. The molecule has 1 amide bonds. The molecule has 1 N–H and O–H groups in total. The van der Waals surface area contributed by atoms with Crippen molar-refractivity contribution in [3.05, 3.63) is 35.6 Å². The molecule has 0 unspecified atom stereocenters. The first-order valence-corrected chi connectivity index (χ1v) is 4.70. The van der Waals surface area contributed by atoms with Gasteiger partial charge in [-0.1, -0.05) is 18.2 Å². The average molecular weight is 193 g/mol. The van der Waals surface area contributed by atoms with E-state index in [0.717, 1.165) is 12.8 Å². The number of benzene rings is 1. The highest BCUT2D eigenvalue weighted by Gasteiger charge is 2.42. The van der Waals surface area contributed by atoms with E-state index in [1.54, 1.807) is 12.1 Å². The van der Waals surface area contributed by atoms with E-state index in [9.17, 15) is 9.18 Å². The number of rotatable bonds is 4. The molecule has 1 aromatic rings. The Morgan fingerprint density at radius 3 is 2.71 bits per heavy atom. The lowest BCUT2D eigenvalue weighted by Crippen LogP contribution is -2.32. The highest BCUT2D eigenvalue weighted by molar-refractivity contribution is 5.49. The zero-order chi connectivity index (χ0) is 10.0. The Hall–Kier alpha value is -1.38. The van der Waals surface area contributed by atoms with Crippen LogP contribution in [0.5, 0.6) is 0 Å². The maximum atomic E-state index is 13.3. The first-order chi connectivity index (χ1) is 6.76. The third-order valence-electron chi connectivity index (χ3n) is 2.71. The fourth-order valence-corrected chi connectivity index (χ4v) is 1.65. The molecule has 1 fully saturated rings. The van der Waals surface area contributed by atoms with Gasteiger partial charge in [0.2, 0.25) is 6.41 Å². The second-order valence-electron chi connectivity index (χ2n) is 3.81. The van der Waals surface area contributed by atoms with Gasteiger partial charge in [0.05, 0.1) is 0 Å². The van der Waals surface area contributed by atoms with E-state index in [4.69, 9.17) is 0 Å². The van der Waals surface area contributed by atoms with Crippen molar-refractivity contribution in [1.82, 2.24) is 5.32 Å². The molecule has 3 heteroatoms. The van der Waals surface area contributed by atoms with Crippen LogP contribution in [0.4, 0.5) is 4.39 Å². The first-order valence-electron chi connectivity index (χ1n) is 4.70.